The highest BCUT2D eigenvalue weighted by Crippen LogP contribution is 2.14. The molecule has 1 fully saturated rings. The number of rotatable bonds is 4. The first kappa shape index (κ1) is 10.1. The number of aromatic nitrogens is 3. The maximum atomic E-state index is 11.4. The van der Waals surface area contributed by atoms with Gasteiger partial charge in [-0.25, -0.2) is 4.98 Å². The quantitative estimate of drug-likeness (QED) is 0.732. The molecule has 0 radical (unpaired) electrons. The Morgan fingerprint density at radius 1 is 1.73 bits per heavy atom. The lowest BCUT2D eigenvalue weighted by atomic mass is 10.2. The Balaban J connectivity index is 1.68. The maximum absolute atomic E-state index is 11.4. The van der Waals surface area contributed by atoms with Crippen LogP contribution in [0.25, 0.3) is 0 Å². The monoisotopic (exact) mass is 210 g/mol. The highest BCUT2D eigenvalue weighted by Gasteiger charge is 2.18. The summed E-state index contributed by atoms with van der Waals surface area (Å²) < 4.78 is 5.36. The molecule has 1 unspecified atom stereocenters. The number of amides is 1. The van der Waals surface area contributed by atoms with Crippen molar-refractivity contribution in [2.75, 3.05) is 6.61 Å². The van der Waals surface area contributed by atoms with Crippen molar-refractivity contribution in [1.29, 1.82) is 0 Å². The smallest absolute Gasteiger partial charge is 0.222 e. The van der Waals surface area contributed by atoms with Crippen LogP contribution in [0.1, 0.15) is 25.1 Å². The third kappa shape index (κ3) is 3.02. The van der Waals surface area contributed by atoms with E-state index in [0.29, 0.717) is 18.8 Å². The van der Waals surface area contributed by atoms with Crippen LogP contribution in [0.4, 0.5) is 0 Å². The molecule has 2 N–H and O–H groups in total. The van der Waals surface area contributed by atoms with E-state index in [1.807, 2.05) is 0 Å². The van der Waals surface area contributed by atoms with Crippen LogP contribution >= 0.6 is 0 Å². The third-order valence-electron chi connectivity index (χ3n) is 2.35. The van der Waals surface area contributed by atoms with Crippen molar-refractivity contribution in [3.63, 3.8) is 0 Å². The SMILES string of the molecule is O=C(CC1CCCO1)NCc1ncn[nH]1. The predicted octanol–water partition coefficient (Wildman–Crippen LogP) is -0.0100. The van der Waals surface area contributed by atoms with E-state index in [9.17, 15) is 4.79 Å². The summed E-state index contributed by atoms with van der Waals surface area (Å²) in [6.07, 6.45) is 3.99. The van der Waals surface area contributed by atoms with Crippen molar-refractivity contribution in [2.24, 2.45) is 0 Å². The van der Waals surface area contributed by atoms with Crippen LogP contribution in [0.3, 0.4) is 0 Å². The van der Waals surface area contributed by atoms with Gasteiger partial charge >= 0.3 is 0 Å². The zero-order valence-corrected chi connectivity index (χ0v) is 8.40. The van der Waals surface area contributed by atoms with E-state index < -0.39 is 0 Å². The lowest BCUT2D eigenvalue weighted by Gasteiger charge is -2.08. The Hall–Kier alpha value is -1.43. The number of carbonyl (C=O) groups excluding carboxylic acids is 1. The molecule has 15 heavy (non-hydrogen) atoms. The third-order valence-corrected chi connectivity index (χ3v) is 2.35. The Bertz CT molecular complexity index is 306. The number of aromatic amines is 1. The van der Waals surface area contributed by atoms with Crippen LogP contribution in [0, 0.1) is 0 Å². The van der Waals surface area contributed by atoms with Crippen LogP contribution in [0.5, 0.6) is 0 Å². The number of hydrogen-bond acceptors (Lipinski definition) is 4. The standard InChI is InChI=1S/C9H14N4O2/c14-9(4-7-2-1-3-15-7)10-5-8-11-6-12-13-8/h6-7H,1-5H2,(H,10,14)(H,11,12,13). The van der Waals surface area contributed by atoms with Crippen molar-refractivity contribution in [3.05, 3.63) is 12.2 Å². The Morgan fingerprint density at radius 2 is 2.67 bits per heavy atom. The first-order valence-electron chi connectivity index (χ1n) is 5.07. The van der Waals surface area contributed by atoms with Crippen molar-refractivity contribution in [1.82, 2.24) is 20.5 Å². The van der Waals surface area contributed by atoms with Crippen LogP contribution in [0.15, 0.2) is 6.33 Å². The van der Waals surface area contributed by atoms with E-state index in [0.717, 1.165) is 19.4 Å². The second-order valence-electron chi connectivity index (χ2n) is 3.55. The molecule has 1 aromatic rings. The van der Waals surface area contributed by atoms with Crippen molar-refractivity contribution >= 4 is 5.91 Å². The fourth-order valence-electron chi connectivity index (χ4n) is 1.58. The van der Waals surface area contributed by atoms with Crippen molar-refractivity contribution in [2.45, 2.75) is 31.9 Å². The van der Waals surface area contributed by atoms with Gasteiger partial charge in [0.1, 0.15) is 12.2 Å². The second-order valence-corrected chi connectivity index (χ2v) is 3.55. The first-order chi connectivity index (χ1) is 7.34. The summed E-state index contributed by atoms with van der Waals surface area (Å²) in [5.74, 6) is 0.661. The van der Waals surface area contributed by atoms with Gasteiger partial charge < -0.3 is 10.1 Å². The number of ether oxygens (including phenoxy) is 1. The summed E-state index contributed by atoms with van der Waals surface area (Å²) in [5.41, 5.74) is 0. The Labute approximate surface area is 87.4 Å². The minimum atomic E-state index is -0.00157. The zero-order valence-electron chi connectivity index (χ0n) is 8.40. The van der Waals surface area contributed by atoms with Crippen molar-refractivity contribution in [3.8, 4) is 0 Å². The molecule has 82 valence electrons. The fraction of sp³-hybridized carbons (Fsp3) is 0.667. The van der Waals surface area contributed by atoms with E-state index in [1.165, 1.54) is 6.33 Å². The molecule has 2 heterocycles. The van der Waals surface area contributed by atoms with E-state index >= 15 is 0 Å². The molecule has 0 bridgehead atoms. The molecule has 0 aliphatic carbocycles. The highest BCUT2D eigenvalue weighted by molar-refractivity contribution is 5.76. The highest BCUT2D eigenvalue weighted by atomic mass is 16.5. The minimum Gasteiger partial charge on any atom is -0.378 e. The Morgan fingerprint density at radius 3 is 3.33 bits per heavy atom. The van der Waals surface area contributed by atoms with Crippen LogP contribution in [0.2, 0.25) is 0 Å². The largest absolute Gasteiger partial charge is 0.378 e. The molecule has 0 aromatic carbocycles. The number of carbonyl (C=O) groups is 1. The normalized spacial score (nSPS) is 20.4. The molecule has 1 amide bonds. The molecular formula is C9H14N4O2. The van der Waals surface area contributed by atoms with E-state index in [2.05, 4.69) is 20.5 Å². The summed E-state index contributed by atoms with van der Waals surface area (Å²) in [6, 6.07) is 0. The van der Waals surface area contributed by atoms with Gasteiger partial charge in [0, 0.05) is 6.61 Å². The van der Waals surface area contributed by atoms with Gasteiger partial charge in [0.25, 0.3) is 0 Å². The zero-order chi connectivity index (χ0) is 10.5. The van der Waals surface area contributed by atoms with Gasteiger partial charge in [-0.2, -0.15) is 5.10 Å². The van der Waals surface area contributed by atoms with Crippen molar-refractivity contribution < 1.29 is 9.53 Å². The molecule has 0 saturated carbocycles. The summed E-state index contributed by atoms with van der Waals surface area (Å²) in [4.78, 5) is 15.3. The second kappa shape index (κ2) is 4.88. The van der Waals surface area contributed by atoms with Gasteiger partial charge in [-0.1, -0.05) is 0 Å². The maximum Gasteiger partial charge on any atom is 0.222 e. The molecule has 6 heteroatoms. The lowest BCUT2D eigenvalue weighted by Crippen LogP contribution is -2.27. The van der Waals surface area contributed by atoms with E-state index in [4.69, 9.17) is 4.74 Å². The van der Waals surface area contributed by atoms with Gasteiger partial charge in [-0.15, -0.1) is 0 Å². The van der Waals surface area contributed by atoms with E-state index in [1.54, 1.807) is 0 Å². The van der Waals surface area contributed by atoms with Gasteiger partial charge in [0.2, 0.25) is 5.91 Å². The molecule has 1 aliphatic heterocycles. The van der Waals surface area contributed by atoms with Gasteiger partial charge in [-0.05, 0) is 12.8 Å². The topological polar surface area (TPSA) is 79.9 Å². The number of hydrogen-bond donors (Lipinski definition) is 2. The lowest BCUT2D eigenvalue weighted by molar-refractivity contribution is -0.123. The molecule has 1 saturated heterocycles. The summed E-state index contributed by atoms with van der Waals surface area (Å²) >= 11 is 0. The fourth-order valence-corrected chi connectivity index (χ4v) is 1.58. The summed E-state index contributed by atoms with van der Waals surface area (Å²) in [7, 11) is 0. The average molecular weight is 210 g/mol. The minimum absolute atomic E-state index is 0.00157. The van der Waals surface area contributed by atoms with Gasteiger partial charge in [0.15, 0.2) is 0 Å². The molecule has 1 aromatic heterocycles. The van der Waals surface area contributed by atoms with E-state index in [-0.39, 0.29) is 12.0 Å². The van der Waals surface area contributed by atoms with Gasteiger partial charge in [0.05, 0.1) is 19.1 Å². The number of nitrogens with one attached hydrogen (secondary N) is 2. The average Bonchev–Trinajstić information content (AvgIpc) is 2.86. The van der Waals surface area contributed by atoms with Crippen LogP contribution in [-0.4, -0.2) is 33.8 Å². The molecule has 0 spiro atoms. The summed E-state index contributed by atoms with van der Waals surface area (Å²) in [6.45, 7) is 1.17. The Kier molecular flexibility index (Phi) is 3.29. The number of H-pyrrole nitrogens is 1. The summed E-state index contributed by atoms with van der Waals surface area (Å²) in [5, 5.41) is 9.13. The molecule has 1 aliphatic rings. The first-order valence-corrected chi connectivity index (χ1v) is 5.07. The van der Waals surface area contributed by atoms with Crippen LogP contribution in [-0.2, 0) is 16.1 Å². The molecule has 2 rings (SSSR count). The van der Waals surface area contributed by atoms with Crippen LogP contribution < -0.4 is 5.32 Å². The molecule has 6 nitrogen and oxygen atoms in total. The number of nitrogens with zero attached hydrogens (tertiary/aromatic N) is 2. The molecule has 1 atom stereocenters. The van der Waals surface area contributed by atoms with Gasteiger partial charge in [-0.3, -0.25) is 9.89 Å². The molecular weight excluding hydrogens is 196 g/mol. The predicted molar refractivity (Wildman–Crippen MR) is 51.8 cm³/mol.